The van der Waals surface area contributed by atoms with Crippen LogP contribution in [0, 0.1) is 18.8 Å². The summed E-state index contributed by atoms with van der Waals surface area (Å²) >= 11 is 0. The summed E-state index contributed by atoms with van der Waals surface area (Å²) in [4.78, 5) is 5.05. The van der Waals surface area contributed by atoms with Gasteiger partial charge in [0.1, 0.15) is 11.5 Å². The highest BCUT2D eigenvalue weighted by molar-refractivity contribution is 7.85. The van der Waals surface area contributed by atoms with Gasteiger partial charge in [-0.15, -0.1) is 0 Å². The third kappa shape index (κ3) is 15.9. The van der Waals surface area contributed by atoms with Crippen LogP contribution in [-0.4, -0.2) is 75.3 Å². The van der Waals surface area contributed by atoms with Crippen molar-refractivity contribution in [2.75, 3.05) is 63.9 Å². The van der Waals surface area contributed by atoms with Crippen LogP contribution in [0.15, 0.2) is 77.7 Å². The fraction of sp³-hybridized carbons (Fsp3) is 0.514. The number of benzene rings is 3. The monoisotopic (exact) mass is 668 g/mol. The Morgan fingerprint density at radius 1 is 0.702 bits per heavy atom. The number of piperidine rings is 2. The van der Waals surface area contributed by atoms with Crippen LogP contribution in [-0.2, 0) is 10.1 Å². The summed E-state index contributed by atoms with van der Waals surface area (Å²) in [6.07, 6.45) is 7.66. The molecule has 0 unspecified atom stereocenters. The molecule has 2 atom stereocenters. The van der Waals surface area contributed by atoms with Crippen LogP contribution in [0.1, 0.15) is 57.9 Å². The molecule has 0 amide bonds. The highest BCUT2D eigenvalue weighted by atomic mass is 32.2. The van der Waals surface area contributed by atoms with Gasteiger partial charge in [0, 0.05) is 37.6 Å². The molecule has 2 fully saturated rings. The average Bonchev–Trinajstić information content (AvgIpc) is 3.04. The van der Waals surface area contributed by atoms with Crippen molar-refractivity contribution in [3.05, 3.63) is 78.4 Å². The predicted molar refractivity (Wildman–Crippen MR) is 193 cm³/mol. The lowest BCUT2D eigenvalue weighted by Crippen LogP contribution is -2.35. The molecule has 0 saturated carbocycles. The van der Waals surface area contributed by atoms with Gasteiger partial charge in [-0.1, -0.05) is 31.5 Å². The Kier molecular flexibility index (Phi) is 16.3. The summed E-state index contributed by atoms with van der Waals surface area (Å²) in [6, 6.07) is 21.2. The van der Waals surface area contributed by atoms with Crippen LogP contribution in [0.2, 0.25) is 0 Å². The number of aryl methyl sites for hydroxylation is 1. The van der Waals surface area contributed by atoms with Gasteiger partial charge >= 0.3 is 0 Å². The van der Waals surface area contributed by atoms with Crippen LogP contribution in [0.5, 0.6) is 11.5 Å². The summed E-state index contributed by atoms with van der Waals surface area (Å²) in [5, 5.41) is 0. The van der Waals surface area contributed by atoms with Crippen molar-refractivity contribution in [2.45, 2.75) is 64.2 Å². The quantitative estimate of drug-likeness (QED) is 0.115. The molecule has 260 valence electrons. The molecular weight excluding hydrogens is 612 g/mol. The van der Waals surface area contributed by atoms with E-state index < -0.39 is 10.1 Å². The Morgan fingerprint density at radius 3 is 1.47 bits per heavy atom. The van der Waals surface area contributed by atoms with E-state index in [2.05, 4.69) is 23.6 Å². The van der Waals surface area contributed by atoms with E-state index in [4.69, 9.17) is 25.5 Å². The molecule has 9 nitrogen and oxygen atoms in total. The predicted octanol–water partition coefficient (Wildman–Crippen LogP) is 6.78. The standard InChI is InChI=1S/2C15H24N2O.C7H8O3S/c2*1-13-4-2-9-17(12-13)10-3-11-18-15-7-5-14(16)6-8-15;1-6-2-4-7(5-3-6)11(8,9)10/h2*5-8,13H,2-4,9-12,16H2,1H3;2-5H,1H3,(H,8,9,10)/t2*13-;/m00./s1. The van der Waals surface area contributed by atoms with Crippen molar-refractivity contribution in [1.29, 1.82) is 0 Å². The minimum atomic E-state index is -4.02. The number of hydrogen-bond acceptors (Lipinski definition) is 8. The SMILES string of the molecule is C[C@H]1CCCN(CCCOc2ccc(N)cc2)C1.C[C@H]1CCCN(CCCOc2ccc(N)cc2)C1.Cc1ccc(S(=O)(=O)O)cc1. The van der Waals surface area contributed by atoms with Crippen LogP contribution in [0.25, 0.3) is 0 Å². The molecule has 5 rings (SSSR count). The van der Waals surface area contributed by atoms with Gasteiger partial charge in [-0.25, -0.2) is 0 Å². The van der Waals surface area contributed by atoms with E-state index in [9.17, 15) is 8.42 Å². The minimum absolute atomic E-state index is 0.0666. The van der Waals surface area contributed by atoms with Gasteiger partial charge < -0.3 is 30.7 Å². The Bertz CT molecular complexity index is 1310. The van der Waals surface area contributed by atoms with Gasteiger partial charge in [0.2, 0.25) is 0 Å². The van der Waals surface area contributed by atoms with E-state index >= 15 is 0 Å². The fourth-order valence-corrected chi connectivity index (χ4v) is 6.25. The molecule has 10 heteroatoms. The second-order valence-corrected chi connectivity index (χ2v) is 14.3. The third-order valence-corrected chi connectivity index (χ3v) is 9.20. The molecular formula is C37H56N4O5S. The fourth-order valence-electron chi connectivity index (χ4n) is 5.77. The lowest BCUT2D eigenvalue weighted by molar-refractivity contribution is 0.170. The summed E-state index contributed by atoms with van der Waals surface area (Å²) in [5.74, 6) is 3.54. The molecule has 2 aliphatic rings. The zero-order valence-corrected chi connectivity index (χ0v) is 29.3. The summed E-state index contributed by atoms with van der Waals surface area (Å²) in [7, 11) is -4.02. The topological polar surface area (TPSA) is 131 Å². The molecule has 47 heavy (non-hydrogen) atoms. The lowest BCUT2D eigenvalue weighted by Gasteiger charge is -2.30. The Hall–Kier alpha value is -3.31. The number of rotatable bonds is 11. The minimum Gasteiger partial charge on any atom is -0.494 e. The van der Waals surface area contributed by atoms with E-state index in [0.29, 0.717) is 0 Å². The largest absolute Gasteiger partial charge is 0.494 e. The van der Waals surface area contributed by atoms with Crippen molar-refractivity contribution in [3.8, 4) is 11.5 Å². The van der Waals surface area contributed by atoms with Gasteiger partial charge in [0.05, 0.1) is 18.1 Å². The van der Waals surface area contributed by atoms with Crippen molar-refractivity contribution in [2.24, 2.45) is 11.8 Å². The van der Waals surface area contributed by atoms with Crippen LogP contribution >= 0.6 is 0 Å². The number of ether oxygens (including phenoxy) is 2. The highest BCUT2D eigenvalue weighted by Gasteiger charge is 2.16. The van der Waals surface area contributed by atoms with Crippen LogP contribution in [0.3, 0.4) is 0 Å². The molecule has 0 spiro atoms. The molecule has 0 aliphatic carbocycles. The molecule has 5 N–H and O–H groups in total. The maximum atomic E-state index is 10.5. The van der Waals surface area contributed by atoms with Gasteiger partial charge in [0.15, 0.2) is 0 Å². The summed E-state index contributed by atoms with van der Waals surface area (Å²) < 4.78 is 40.9. The molecule has 2 aliphatic heterocycles. The number of nitrogens with zero attached hydrogens (tertiary/aromatic N) is 2. The number of anilines is 2. The van der Waals surface area contributed by atoms with Crippen molar-refractivity contribution in [1.82, 2.24) is 9.80 Å². The van der Waals surface area contributed by atoms with Gasteiger partial charge in [-0.2, -0.15) is 8.42 Å². The van der Waals surface area contributed by atoms with E-state index in [1.54, 1.807) is 12.1 Å². The Balaban J connectivity index is 0.000000198. The molecule has 3 aromatic carbocycles. The Morgan fingerprint density at radius 2 is 1.11 bits per heavy atom. The maximum absolute atomic E-state index is 10.5. The first-order valence-electron chi connectivity index (χ1n) is 16.9. The van der Waals surface area contributed by atoms with Crippen molar-refractivity contribution >= 4 is 21.5 Å². The maximum Gasteiger partial charge on any atom is 0.294 e. The Labute approximate surface area is 283 Å². The molecule has 2 heterocycles. The second-order valence-electron chi connectivity index (χ2n) is 12.9. The first kappa shape index (κ1) is 38.1. The molecule has 3 aromatic rings. The van der Waals surface area contributed by atoms with Gasteiger partial charge in [-0.3, -0.25) is 4.55 Å². The zero-order chi connectivity index (χ0) is 34.1. The number of hydrogen-bond donors (Lipinski definition) is 3. The molecule has 0 radical (unpaired) electrons. The highest BCUT2D eigenvalue weighted by Crippen LogP contribution is 2.18. The number of nitrogen functional groups attached to an aromatic ring is 2. The van der Waals surface area contributed by atoms with E-state index in [1.807, 2.05) is 55.5 Å². The smallest absolute Gasteiger partial charge is 0.294 e. The average molecular weight is 669 g/mol. The summed E-state index contributed by atoms with van der Waals surface area (Å²) in [5.41, 5.74) is 13.8. The first-order valence-corrected chi connectivity index (χ1v) is 18.4. The zero-order valence-electron chi connectivity index (χ0n) is 28.5. The third-order valence-electron chi connectivity index (χ3n) is 8.34. The molecule has 2 saturated heterocycles. The van der Waals surface area contributed by atoms with Crippen molar-refractivity contribution in [3.63, 3.8) is 0 Å². The molecule has 0 bridgehead atoms. The summed E-state index contributed by atoms with van der Waals surface area (Å²) in [6.45, 7) is 15.4. The first-order chi connectivity index (χ1) is 22.5. The van der Waals surface area contributed by atoms with Gasteiger partial charge in [-0.05, 0) is 131 Å². The number of nitrogens with two attached hydrogens (primary N) is 2. The molecule has 0 aromatic heterocycles. The lowest BCUT2D eigenvalue weighted by atomic mass is 10.0. The normalized spacial score (nSPS) is 18.6. The van der Waals surface area contributed by atoms with Crippen LogP contribution in [0.4, 0.5) is 11.4 Å². The van der Waals surface area contributed by atoms with E-state index in [1.165, 1.54) is 64.0 Å². The number of likely N-dealkylation sites (tertiary alicyclic amines) is 2. The van der Waals surface area contributed by atoms with Gasteiger partial charge in [0.25, 0.3) is 10.1 Å². The van der Waals surface area contributed by atoms with Crippen molar-refractivity contribution < 1.29 is 22.4 Å². The second kappa shape index (κ2) is 20.1. The van der Waals surface area contributed by atoms with Crippen LogP contribution < -0.4 is 20.9 Å². The van der Waals surface area contributed by atoms with E-state index in [0.717, 1.165) is 79.4 Å². The van der Waals surface area contributed by atoms with E-state index in [-0.39, 0.29) is 4.90 Å².